The molecule has 0 aromatic heterocycles. The molecule has 32 heavy (non-hydrogen) atoms. The highest BCUT2D eigenvalue weighted by molar-refractivity contribution is 7.87. The molecule has 0 saturated heterocycles. The van der Waals surface area contributed by atoms with Crippen LogP contribution in [0.3, 0.4) is 0 Å². The van der Waals surface area contributed by atoms with E-state index in [9.17, 15) is 13.0 Å². The van der Waals surface area contributed by atoms with Crippen LogP contribution >= 0.6 is 0 Å². The van der Waals surface area contributed by atoms with Gasteiger partial charge in [-0.05, 0) is 34.1 Å². The normalized spacial score (nSPS) is 14.6. The van der Waals surface area contributed by atoms with Crippen LogP contribution in [0.2, 0.25) is 0 Å². The lowest BCUT2D eigenvalue weighted by Gasteiger charge is -2.44. The van der Waals surface area contributed by atoms with Gasteiger partial charge in [0, 0.05) is 19.8 Å². The van der Waals surface area contributed by atoms with Gasteiger partial charge in [0.15, 0.2) is 0 Å². The lowest BCUT2D eigenvalue weighted by Crippen LogP contribution is -2.62. The molecule has 0 aromatic rings. The van der Waals surface area contributed by atoms with Crippen LogP contribution in [0.1, 0.15) is 131 Å². The van der Waals surface area contributed by atoms with Crippen molar-refractivity contribution in [2.45, 2.75) is 142 Å². The highest BCUT2D eigenvalue weighted by Gasteiger charge is 2.61. The summed E-state index contributed by atoms with van der Waals surface area (Å²) < 4.78 is 51.6. The van der Waals surface area contributed by atoms with E-state index in [0.29, 0.717) is 13.0 Å². The molecule has 0 radical (unpaired) electrons. The third-order valence-corrected chi connectivity index (χ3v) is 7.47. The molecule has 194 valence electrons. The van der Waals surface area contributed by atoms with E-state index in [-0.39, 0.29) is 13.2 Å². The van der Waals surface area contributed by atoms with E-state index in [4.69, 9.17) is 14.2 Å². The first-order valence-corrected chi connectivity index (χ1v) is 14.6. The van der Waals surface area contributed by atoms with Gasteiger partial charge >= 0.3 is 15.2 Å². The topological polar surface area (TPSA) is 82.1 Å². The first kappa shape index (κ1) is 31.8. The van der Waals surface area contributed by atoms with E-state index in [1.807, 2.05) is 0 Å². The van der Waals surface area contributed by atoms with Gasteiger partial charge in [-0.2, -0.15) is 8.42 Å². The summed E-state index contributed by atoms with van der Waals surface area (Å²) in [6.07, 6.45) is 18.0. The van der Waals surface area contributed by atoms with E-state index in [0.717, 1.165) is 19.3 Å². The van der Waals surface area contributed by atoms with Crippen molar-refractivity contribution in [3.05, 3.63) is 0 Å². The molecule has 0 aromatic carbocycles. The molecule has 0 saturated carbocycles. The summed E-state index contributed by atoms with van der Waals surface area (Å²) in [7, 11) is -4.67. The maximum Gasteiger partial charge on any atom is 0.329 e. The number of unbranched alkanes of at least 4 members (excludes halogenated alkanes) is 13. The van der Waals surface area contributed by atoms with Crippen LogP contribution < -0.4 is 0 Å². The third-order valence-electron chi connectivity index (χ3n) is 6.13. The molecule has 0 heterocycles. The van der Waals surface area contributed by atoms with Crippen LogP contribution in [0.15, 0.2) is 0 Å². The fraction of sp³-hybridized carbons (Fsp3) is 1.00. The van der Waals surface area contributed by atoms with Crippen LogP contribution in [0.5, 0.6) is 0 Å². The maximum absolute atomic E-state index is 12.3. The highest BCUT2D eigenvalue weighted by Crippen LogP contribution is 2.40. The predicted octanol–water partition coefficient (Wildman–Crippen LogP) is 7.27. The van der Waals surface area contributed by atoms with Gasteiger partial charge in [-0.3, -0.25) is 4.55 Å². The molecular formula is C25H52O6S. The van der Waals surface area contributed by atoms with Crippen molar-refractivity contribution in [1.82, 2.24) is 0 Å². The summed E-state index contributed by atoms with van der Waals surface area (Å²) in [5.41, 5.74) is -1.29. The standard InChI is InChI=1S/C25H52O6S/c1-6-10-11-12-13-14-15-16-17-18-19-20-21-22-23-24(5,29-7-2)25(30-8-3,31-9-4)32(26,27)28/h6-23H2,1-5H3,(H,26,27,28). The smallest absolute Gasteiger partial charge is 0.329 e. The molecule has 0 bridgehead atoms. The Labute approximate surface area is 198 Å². The Kier molecular flexibility index (Phi) is 18.0. The molecule has 0 rings (SSSR count). The Hall–Kier alpha value is -0.210. The zero-order chi connectivity index (χ0) is 24.3. The average molecular weight is 481 g/mol. The molecule has 0 aliphatic carbocycles. The molecule has 7 heteroatoms. The summed E-state index contributed by atoms with van der Waals surface area (Å²) in [6.45, 7) is 9.55. The molecule has 6 nitrogen and oxygen atoms in total. The van der Waals surface area contributed by atoms with Crippen LogP contribution in [0.25, 0.3) is 0 Å². The maximum atomic E-state index is 12.3. The molecule has 0 amide bonds. The minimum absolute atomic E-state index is 0.0845. The molecule has 0 fully saturated rings. The van der Waals surface area contributed by atoms with E-state index in [1.165, 1.54) is 70.6 Å². The van der Waals surface area contributed by atoms with Crippen LogP contribution in [-0.2, 0) is 24.3 Å². The molecule has 0 aliphatic heterocycles. The second kappa shape index (κ2) is 18.2. The van der Waals surface area contributed by atoms with Gasteiger partial charge < -0.3 is 14.2 Å². The van der Waals surface area contributed by atoms with Crippen molar-refractivity contribution in [2.75, 3.05) is 19.8 Å². The Morgan fingerprint density at radius 1 is 0.594 bits per heavy atom. The van der Waals surface area contributed by atoms with Crippen molar-refractivity contribution in [2.24, 2.45) is 0 Å². The molecule has 1 atom stereocenters. The molecule has 1 unspecified atom stereocenters. The van der Waals surface area contributed by atoms with E-state index in [1.54, 1.807) is 27.7 Å². The minimum Gasteiger partial charge on any atom is -0.369 e. The van der Waals surface area contributed by atoms with E-state index >= 15 is 0 Å². The quantitative estimate of drug-likeness (QED) is 0.0940. The van der Waals surface area contributed by atoms with Crippen LogP contribution in [0.4, 0.5) is 0 Å². The van der Waals surface area contributed by atoms with Gasteiger partial charge in [-0.1, -0.05) is 96.8 Å². The fourth-order valence-corrected chi connectivity index (χ4v) is 5.68. The van der Waals surface area contributed by atoms with E-state index in [2.05, 4.69) is 6.92 Å². The summed E-state index contributed by atoms with van der Waals surface area (Å²) in [5.74, 6) is 0. The Bertz CT molecular complexity index is 531. The number of hydrogen-bond acceptors (Lipinski definition) is 5. The monoisotopic (exact) mass is 480 g/mol. The highest BCUT2D eigenvalue weighted by atomic mass is 32.2. The predicted molar refractivity (Wildman–Crippen MR) is 132 cm³/mol. The Morgan fingerprint density at radius 3 is 1.25 bits per heavy atom. The molecule has 0 aliphatic rings. The zero-order valence-corrected chi connectivity index (χ0v) is 22.4. The Balaban J connectivity index is 4.37. The number of ether oxygens (including phenoxy) is 3. The van der Waals surface area contributed by atoms with Gasteiger partial charge in [0.05, 0.1) is 0 Å². The summed E-state index contributed by atoms with van der Waals surface area (Å²) in [5, 5.41) is -2.21. The average Bonchev–Trinajstić information content (AvgIpc) is 2.73. The van der Waals surface area contributed by atoms with Crippen molar-refractivity contribution in [3.8, 4) is 0 Å². The Morgan fingerprint density at radius 2 is 0.938 bits per heavy atom. The third kappa shape index (κ3) is 11.3. The van der Waals surface area contributed by atoms with Gasteiger partial charge in [0.2, 0.25) is 0 Å². The largest absolute Gasteiger partial charge is 0.369 e. The van der Waals surface area contributed by atoms with Crippen LogP contribution in [-0.4, -0.2) is 43.5 Å². The van der Waals surface area contributed by atoms with Gasteiger partial charge in [0.1, 0.15) is 5.60 Å². The van der Waals surface area contributed by atoms with Crippen molar-refractivity contribution in [1.29, 1.82) is 0 Å². The second-order valence-electron chi connectivity index (χ2n) is 8.91. The second-order valence-corrected chi connectivity index (χ2v) is 10.4. The van der Waals surface area contributed by atoms with Crippen LogP contribution in [0, 0.1) is 0 Å². The number of hydrogen-bond donors (Lipinski definition) is 1. The minimum atomic E-state index is -4.67. The summed E-state index contributed by atoms with van der Waals surface area (Å²) >= 11 is 0. The molecule has 0 spiro atoms. The van der Waals surface area contributed by atoms with Crippen molar-refractivity contribution in [3.63, 3.8) is 0 Å². The first-order chi connectivity index (χ1) is 15.2. The SMILES string of the molecule is CCCCCCCCCCCCCCCCC(C)(OCC)C(OCC)(OCC)S(=O)(=O)O. The molecule has 1 N–H and O–H groups in total. The lowest BCUT2D eigenvalue weighted by molar-refractivity contribution is -0.279. The van der Waals surface area contributed by atoms with E-state index < -0.39 is 20.8 Å². The fourth-order valence-electron chi connectivity index (χ4n) is 4.44. The van der Waals surface area contributed by atoms with Crippen molar-refractivity contribution >= 4 is 10.1 Å². The lowest BCUT2D eigenvalue weighted by atomic mass is 9.95. The number of rotatable bonds is 23. The molecular weight excluding hydrogens is 428 g/mol. The van der Waals surface area contributed by atoms with Gasteiger partial charge in [0.25, 0.3) is 0 Å². The first-order valence-electron chi connectivity index (χ1n) is 13.1. The summed E-state index contributed by atoms with van der Waals surface area (Å²) in [4.78, 5) is 0. The zero-order valence-electron chi connectivity index (χ0n) is 21.6. The summed E-state index contributed by atoms with van der Waals surface area (Å²) in [6, 6.07) is 0. The van der Waals surface area contributed by atoms with Gasteiger partial charge in [-0.25, -0.2) is 0 Å². The van der Waals surface area contributed by atoms with Crippen molar-refractivity contribution < 1.29 is 27.2 Å². The van der Waals surface area contributed by atoms with Gasteiger partial charge in [-0.15, -0.1) is 0 Å².